The van der Waals surface area contributed by atoms with Gasteiger partial charge in [-0.1, -0.05) is 41.1 Å². The highest BCUT2D eigenvalue weighted by Gasteiger charge is 2.24. The molecule has 0 aliphatic carbocycles. The Morgan fingerprint density at radius 2 is 1.96 bits per heavy atom. The predicted octanol–water partition coefficient (Wildman–Crippen LogP) is 2.90. The molecule has 1 atom stereocenters. The Bertz CT molecular complexity index is 973. The number of anilines is 2. The fourth-order valence-electron chi connectivity index (χ4n) is 2.29. The number of carbonyl (C=O) groups excluding carboxylic acids is 1. The van der Waals surface area contributed by atoms with Crippen LogP contribution in [0.1, 0.15) is 23.1 Å². The Balaban J connectivity index is 1.96. The van der Waals surface area contributed by atoms with Crippen molar-refractivity contribution in [3.63, 3.8) is 0 Å². The third-order valence-corrected chi connectivity index (χ3v) is 5.07. The molecule has 1 amide bonds. The number of amides is 1. The van der Waals surface area contributed by atoms with E-state index in [2.05, 4.69) is 15.3 Å². The predicted molar refractivity (Wildman–Crippen MR) is 105 cm³/mol. The number of aliphatic hydroxyl groups is 2. The molecule has 0 aliphatic heterocycles. The second kappa shape index (κ2) is 7.61. The van der Waals surface area contributed by atoms with Crippen LogP contribution in [-0.2, 0) is 5.60 Å². The van der Waals surface area contributed by atoms with Gasteiger partial charge in [0.1, 0.15) is 21.4 Å². The summed E-state index contributed by atoms with van der Waals surface area (Å²) < 4.78 is 0. The molecule has 0 bridgehead atoms. The standard InChI is InChI=1S/C18H17ClN4O3S/c1-18(26,9-24)12-3-2-4-13(21-12)22-17-14(15(20)25)23-16(27-17)10-5-7-11(19)8-6-10/h2-8,24,26H,9H2,1H3,(H2,20,25)(H,21,22). The first kappa shape index (κ1) is 19.2. The number of nitrogens with zero attached hydrogens (tertiary/aromatic N) is 2. The number of nitrogens with two attached hydrogens (primary N) is 1. The van der Waals surface area contributed by atoms with Gasteiger partial charge in [0.15, 0.2) is 5.69 Å². The van der Waals surface area contributed by atoms with Crippen molar-refractivity contribution in [3.05, 3.63) is 58.9 Å². The van der Waals surface area contributed by atoms with Crippen LogP contribution in [-0.4, -0.2) is 32.7 Å². The summed E-state index contributed by atoms with van der Waals surface area (Å²) in [6, 6.07) is 12.0. The van der Waals surface area contributed by atoms with Crippen molar-refractivity contribution in [1.29, 1.82) is 0 Å². The van der Waals surface area contributed by atoms with Gasteiger partial charge in [-0.2, -0.15) is 0 Å². The molecule has 140 valence electrons. The summed E-state index contributed by atoms with van der Waals surface area (Å²) in [6.45, 7) is 0.983. The number of nitrogens with one attached hydrogen (secondary N) is 1. The molecule has 3 aromatic rings. The summed E-state index contributed by atoms with van der Waals surface area (Å²) in [5.41, 5.74) is 5.15. The molecule has 2 heterocycles. The first-order valence-corrected chi connectivity index (χ1v) is 9.14. The van der Waals surface area contributed by atoms with Crippen LogP contribution in [0, 0.1) is 0 Å². The third-order valence-electron chi connectivity index (χ3n) is 3.80. The van der Waals surface area contributed by atoms with E-state index in [9.17, 15) is 15.0 Å². The van der Waals surface area contributed by atoms with Crippen LogP contribution in [0.25, 0.3) is 10.6 Å². The highest BCUT2D eigenvalue weighted by Crippen LogP contribution is 2.34. The monoisotopic (exact) mass is 404 g/mol. The largest absolute Gasteiger partial charge is 0.393 e. The van der Waals surface area contributed by atoms with Crippen LogP contribution in [0.3, 0.4) is 0 Å². The number of hydrogen-bond acceptors (Lipinski definition) is 7. The molecular weight excluding hydrogens is 388 g/mol. The van der Waals surface area contributed by atoms with Gasteiger partial charge in [0.2, 0.25) is 0 Å². The van der Waals surface area contributed by atoms with Gasteiger partial charge in [0, 0.05) is 10.6 Å². The molecule has 0 saturated carbocycles. The molecule has 3 rings (SSSR count). The molecule has 0 aliphatic rings. The Morgan fingerprint density at radius 3 is 2.59 bits per heavy atom. The number of aromatic nitrogens is 2. The molecule has 1 unspecified atom stereocenters. The van der Waals surface area contributed by atoms with Gasteiger partial charge < -0.3 is 21.3 Å². The first-order chi connectivity index (χ1) is 12.8. The van der Waals surface area contributed by atoms with E-state index in [0.717, 1.165) is 5.56 Å². The molecular formula is C18H17ClN4O3S. The number of rotatable bonds is 6. The molecule has 5 N–H and O–H groups in total. The van der Waals surface area contributed by atoms with Gasteiger partial charge in [-0.3, -0.25) is 4.79 Å². The van der Waals surface area contributed by atoms with Gasteiger partial charge >= 0.3 is 0 Å². The summed E-state index contributed by atoms with van der Waals surface area (Å²) in [5.74, 6) is -0.289. The van der Waals surface area contributed by atoms with Gasteiger partial charge in [0.05, 0.1) is 12.3 Å². The van der Waals surface area contributed by atoms with Crippen molar-refractivity contribution in [2.45, 2.75) is 12.5 Å². The highest BCUT2D eigenvalue weighted by atomic mass is 35.5. The van der Waals surface area contributed by atoms with E-state index >= 15 is 0 Å². The first-order valence-electron chi connectivity index (χ1n) is 7.94. The average Bonchev–Trinajstić information content (AvgIpc) is 3.06. The van der Waals surface area contributed by atoms with Gasteiger partial charge in [0.25, 0.3) is 5.91 Å². The maximum atomic E-state index is 11.8. The molecule has 0 fully saturated rings. The fraction of sp³-hybridized carbons (Fsp3) is 0.167. The molecule has 7 nitrogen and oxygen atoms in total. The van der Waals surface area contributed by atoms with E-state index in [1.807, 2.05) is 0 Å². The smallest absolute Gasteiger partial charge is 0.270 e. The lowest BCUT2D eigenvalue weighted by atomic mass is 10.0. The van der Waals surface area contributed by atoms with Crippen LogP contribution in [0.2, 0.25) is 5.02 Å². The van der Waals surface area contributed by atoms with Crippen molar-refractivity contribution >= 4 is 39.7 Å². The van der Waals surface area contributed by atoms with E-state index in [1.54, 1.807) is 42.5 Å². The van der Waals surface area contributed by atoms with E-state index < -0.39 is 18.1 Å². The number of primary amides is 1. The number of aliphatic hydroxyl groups excluding tert-OH is 1. The fourth-order valence-corrected chi connectivity index (χ4v) is 3.40. The third kappa shape index (κ3) is 4.25. The average molecular weight is 405 g/mol. The van der Waals surface area contributed by atoms with Gasteiger partial charge in [-0.25, -0.2) is 9.97 Å². The minimum Gasteiger partial charge on any atom is -0.393 e. The molecule has 1 aromatic carbocycles. The van der Waals surface area contributed by atoms with E-state index in [4.69, 9.17) is 17.3 Å². The van der Waals surface area contributed by atoms with Crippen molar-refractivity contribution < 1.29 is 15.0 Å². The molecule has 2 aromatic heterocycles. The minimum atomic E-state index is -1.48. The van der Waals surface area contributed by atoms with Crippen LogP contribution in [0.5, 0.6) is 0 Å². The molecule has 27 heavy (non-hydrogen) atoms. The maximum Gasteiger partial charge on any atom is 0.270 e. The number of pyridine rings is 1. The summed E-state index contributed by atoms with van der Waals surface area (Å²) in [5, 5.41) is 24.1. The SMILES string of the molecule is CC(O)(CO)c1cccc(Nc2sc(-c3ccc(Cl)cc3)nc2C(N)=O)n1. The number of benzene rings is 1. The molecule has 0 saturated heterocycles. The highest BCUT2D eigenvalue weighted by molar-refractivity contribution is 7.19. The minimum absolute atomic E-state index is 0.0890. The van der Waals surface area contributed by atoms with E-state index in [0.29, 0.717) is 20.8 Å². The maximum absolute atomic E-state index is 11.8. The lowest BCUT2D eigenvalue weighted by molar-refractivity contribution is -0.00573. The van der Waals surface area contributed by atoms with Crippen molar-refractivity contribution in [1.82, 2.24) is 9.97 Å². The Labute approximate surface area is 164 Å². The number of carbonyl (C=O) groups is 1. The molecule has 0 radical (unpaired) electrons. The van der Waals surface area contributed by atoms with Gasteiger partial charge in [-0.15, -0.1) is 0 Å². The quantitative estimate of drug-likeness (QED) is 0.501. The van der Waals surface area contributed by atoms with E-state index in [-0.39, 0.29) is 11.4 Å². The normalized spacial score (nSPS) is 13.2. The van der Waals surface area contributed by atoms with Crippen molar-refractivity contribution in [2.24, 2.45) is 5.73 Å². The van der Waals surface area contributed by atoms with Crippen LogP contribution in [0.4, 0.5) is 10.8 Å². The number of hydrogen-bond donors (Lipinski definition) is 4. The topological polar surface area (TPSA) is 121 Å². The van der Waals surface area contributed by atoms with Crippen molar-refractivity contribution in [3.8, 4) is 10.6 Å². The Kier molecular flexibility index (Phi) is 5.43. The van der Waals surface area contributed by atoms with E-state index in [1.165, 1.54) is 18.3 Å². The molecule has 9 heteroatoms. The van der Waals surface area contributed by atoms with Crippen LogP contribution in [0.15, 0.2) is 42.5 Å². The number of thiazole rings is 1. The zero-order valence-electron chi connectivity index (χ0n) is 14.3. The number of halogens is 1. The second-order valence-corrected chi connectivity index (χ2v) is 7.47. The lowest BCUT2D eigenvalue weighted by Crippen LogP contribution is -2.27. The molecule has 0 spiro atoms. The van der Waals surface area contributed by atoms with Crippen LogP contribution < -0.4 is 11.1 Å². The zero-order chi connectivity index (χ0) is 19.6. The Hall–Kier alpha value is -2.52. The summed E-state index contributed by atoms with van der Waals surface area (Å²) in [4.78, 5) is 20.4. The summed E-state index contributed by atoms with van der Waals surface area (Å²) >= 11 is 7.15. The van der Waals surface area contributed by atoms with Crippen LogP contribution >= 0.6 is 22.9 Å². The van der Waals surface area contributed by atoms with Gasteiger partial charge in [-0.05, 0) is 31.2 Å². The zero-order valence-corrected chi connectivity index (χ0v) is 15.9. The van der Waals surface area contributed by atoms with Crippen molar-refractivity contribution in [2.75, 3.05) is 11.9 Å². The summed E-state index contributed by atoms with van der Waals surface area (Å²) in [7, 11) is 0. The lowest BCUT2D eigenvalue weighted by Gasteiger charge is -2.20. The summed E-state index contributed by atoms with van der Waals surface area (Å²) in [6.07, 6.45) is 0. The Morgan fingerprint density at radius 1 is 1.26 bits per heavy atom. The second-order valence-electron chi connectivity index (χ2n) is 6.03.